The van der Waals surface area contributed by atoms with Crippen LogP contribution in [0, 0.1) is 17.1 Å². The first-order valence-corrected chi connectivity index (χ1v) is 13.3. The van der Waals surface area contributed by atoms with E-state index in [0.717, 1.165) is 11.1 Å². The second kappa shape index (κ2) is 13.9. The third kappa shape index (κ3) is 8.27. The Balaban J connectivity index is 1.41. The summed E-state index contributed by atoms with van der Waals surface area (Å²) in [5.41, 5.74) is 3.78. The number of carbonyl (C=O) groups is 1. The maximum atomic E-state index is 14.2. The maximum absolute atomic E-state index is 14.2. The van der Waals surface area contributed by atoms with E-state index in [-0.39, 0.29) is 18.2 Å². The van der Waals surface area contributed by atoms with Crippen molar-refractivity contribution in [1.29, 1.82) is 5.26 Å². The molecule has 1 N–H and O–H groups in total. The van der Waals surface area contributed by atoms with E-state index < -0.39 is 5.82 Å². The molecular formula is C31H27Cl2FN4O2. The minimum atomic E-state index is -0.444. The molecule has 0 aliphatic carbocycles. The SMILES string of the molecule is CN(CCC#N)Cc1ccc(NC(=O)c2cccc(Cc3cc(Cl)ccc3OCc3ccc(Cl)cc3F)n2)cc1. The molecule has 0 fully saturated rings. The number of anilines is 1. The molecule has 0 spiro atoms. The molecule has 1 heterocycles. The summed E-state index contributed by atoms with van der Waals surface area (Å²) in [6.45, 7) is 1.42. The molecular weight excluding hydrogens is 550 g/mol. The summed E-state index contributed by atoms with van der Waals surface area (Å²) in [5, 5.41) is 12.5. The van der Waals surface area contributed by atoms with Crippen molar-refractivity contribution in [3.8, 4) is 11.8 Å². The number of benzene rings is 3. The van der Waals surface area contributed by atoms with Gasteiger partial charge < -0.3 is 15.0 Å². The minimum Gasteiger partial charge on any atom is -0.489 e. The van der Waals surface area contributed by atoms with Gasteiger partial charge in [0.15, 0.2) is 0 Å². The number of ether oxygens (including phenoxy) is 1. The van der Waals surface area contributed by atoms with Gasteiger partial charge in [0, 0.05) is 58.5 Å². The molecule has 0 saturated heterocycles. The van der Waals surface area contributed by atoms with Gasteiger partial charge >= 0.3 is 0 Å². The number of carbonyl (C=O) groups excluding carboxylic acids is 1. The van der Waals surface area contributed by atoms with E-state index in [9.17, 15) is 9.18 Å². The van der Waals surface area contributed by atoms with Gasteiger partial charge in [-0.15, -0.1) is 0 Å². The first kappa shape index (κ1) is 29.0. The van der Waals surface area contributed by atoms with Crippen LogP contribution in [-0.4, -0.2) is 29.4 Å². The molecule has 204 valence electrons. The van der Waals surface area contributed by atoms with Gasteiger partial charge in [-0.25, -0.2) is 9.37 Å². The highest BCUT2D eigenvalue weighted by molar-refractivity contribution is 6.30. The number of halogens is 3. The topological polar surface area (TPSA) is 78.2 Å². The monoisotopic (exact) mass is 576 g/mol. The summed E-state index contributed by atoms with van der Waals surface area (Å²) < 4.78 is 20.1. The van der Waals surface area contributed by atoms with Gasteiger partial charge in [0.2, 0.25) is 0 Å². The second-order valence-electron chi connectivity index (χ2n) is 9.26. The van der Waals surface area contributed by atoms with Crippen molar-refractivity contribution in [2.75, 3.05) is 18.9 Å². The molecule has 0 unspecified atom stereocenters. The number of aromatic nitrogens is 1. The van der Waals surface area contributed by atoms with Crippen LogP contribution in [0.1, 0.15) is 39.3 Å². The Morgan fingerprint density at radius 2 is 1.77 bits per heavy atom. The minimum absolute atomic E-state index is 0.0163. The zero-order valence-electron chi connectivity index (χ0n) is 21.8. The lowest BCUT2D eigenvalue weighted by Crippen LogP contribution is -2.18. The lowest BCUT2D eigenvalue weighted by atomic mass is 10.1. The van der Waals surface area contributed by atoms with Crippen LogP contribution in [0.25, 0.3) is 0 Å². The number of nitrogens with zero attached hydrogens (tertiary/aromatic N) is 3. The summed E-state index contributed by atoms with van der Waals surface area (Å²) in [6.07, 6.45) is 0.833. The van der Waals surface area contributed by atoms with Crippen LogP contribution in [0.3, 0.4) is 0 Å². The van der Waals surface area contributed by atoms with Crippen LogP contribution in [-0.2, 0) is 19.6 Å². The summed E-state index contributed by atoms with van der Waals surface area (Å²) in [7, 11) is 1.96. The van der Waals surface area contributed by atoms with E-state index >= 15 is 0 Å². The van der Waals surface area contributed by atoms with E-state index in [0.29, 0.717) is 58.7 Å². The van der Waals surface area contributed by atoms with Gasteiger partial charge in [-0.3, -0.25) is 4.79 Å². The number of hydrogen-bond acceptors (Lipinski definition) is 5. The average Bonchev–Trinajstić information content (AvgIpc) is 2.93. The van der Waals surface area contributed by atoms with Crippen molar-refractivity contribution >= 4 is 34.8 Å². The Kier molecular flexibility index (Phi) is 10.1. The fraction of sp³-hybridized carbons (Fsp3) is 0.194. The van der Waals surface area contributed by atoms with Crippen LogP contribution >= 0.6 is 23.2 Å². The fourth-order valence-electron chi connectivity index (χ4n) is 4.04. The Labute approximate surface area is 242 Å². The number of pyridine rings is 1. The molecule has 6 nitrogen and oxygen atoms in total. The van der Waals surface area contributed by atoms with E-state index in [1.54, 1.807) is 42.5 Å². The molecule has 40 heavy (non-hydrogen) atoms. The highest BCUT2D eigenvalue weighted by Gasteiger charge is 2.13. The van der Waals surface area contributed by atoms with Crippen molar-refractivity contribution in [3.63, 3.8) is 0 Å². The first-order chi connectivity index (χ1) is 19.3. The molecule has 0 bridgehead atoms. The van der Waals surface area contributed by atoms with Crippen molar-refractivity contribution in [3.05, 3.63) is 123 Å². The van der Waals surface area contributed by atoms with Gasteiger partial charge in [0.25, 0.3) is 5.91 Å². The van der Waals surface area contributed by atoms with Gasteiger partial charge in [-0.1, -0.05) is 47.5 Å². The van der Waals surface area contributed by atoms with Crippen LogP contribution in [0.2, 0.25) is 10.0 Å². The van der Waals surface area contributed by atoms with Gasteiger partial charge in [-0.05, 0) is 67.2 Å². The average molecular weight is 577 g/mol. The third-order valence-corrected chi connectivity index (χ3v) is 6.57. The van der Waals surface area contributed by atoms with Gasteiger partial charge in [-0.2, -0.15) is 5.26 Å². The molecule has 0 radical (unpaired) electrons. The summed E-state index contributed by atoms with van der Waals surface area (Å²) in [5.74, 6) is -0.240. The third-order valence-electron chi connectivity index (χ3n) is 6.10. The molecule has 0 aliphatic heterocycles. The molecule has 0 saturated carbocycles. The van der Waals surface area contributed by atoms with Crippen LogP contribution in [0.4, 0.5) is 10.1 Å². The smallest absolute Gasteiger partial charge is 0.274 e. The molecule has 9 heteroatoms. The largest absolute Gasteiger partial charge is 0.489 e. The predicted octanol–water partition coefficient (Wildman–Crippen LogP) is 7.30. The lowest BCUT2D eigenvalue weighted by molar-refractivity contribution is 0.102. The maximum Gasteiger partial charge on any atom is 0.274 e. The summed E-state index contributed by atoms with van der Waals surface area (Å²) >= 11 is 12.1. The Morgan fingerprint density at radius 3 is 2.52 bits per heavy atom. The molecule has 0 atom stereocenters. The molecule has 1 aromatic heterocycles. The van der Waals surface area contributed by atoms with Crippen molar-refractivity contribution in [2.45, 2.75) is 26.0 Å². The molecule has 4 aromatic rings. The number of nitrogens with one attached hydrogen (secondary N) is 1. The van der Waals surface area contributed by atoms with Crippen molar-refractivity contribution in [1.82, 2.24) is 9.88 Å². The van der Waals surface area contributed by atoms with Crippen LogP contribution in [0.15, 0.2) is 78.9 Å². The highest BCUT2D eigenvalue weighted by atomic mass is 35.5. The second-order valence-corrected chi connectivity index (χ2v) is 10.1. The zero-order valence-corrected chi connectivity index (χ0v) is 23.3. The molecule has 4 rings (SSSR count). The fourth-order valence-corrected chi connectivity index (χ4v) is 4.39. The summed E-state index contributed by atoms with van der Waals surface area (Å²) in [4.78, 5) is 19.5. The van der Waals surface area contributed by atoms with Crippen LogP contribution in [0.5, 0.6) is 5.75 Å². The number of nitriles is 1. The summed E-state index contributed by atoms with van der Waals surface area (Å²) in [6, 6.07) is 24.6. The van der Waals surface area contributed by atoms with Crippen molar-refractivity contribution in [2.24, 2.45) is 0 Å². The number of amides is 1. The molecule has 0 aliphatic rings. The molecule has 3 aromatic carbocycles. The highest BCUT2D eigenvalue weighted by Crippen LogP contribution is 2.27. The lowest BCUT2D eigenvalue weighted by Gasteiger charge is -2.15. The van der Waals surface area contributed by atoms with E-state index in [4.69, 9.17) is 33.2 Å². The zero-order chi connectivity index (χ0) is 28.5. The first-order valence-electron chi connectivity index (χ1n) is 12.6. The van der Waals surface area contributed by atoms with E-state index in [1.165, 1.54) is 6.07 Å². The Hall–Kier alpha value is -3.96. The van der Waals surface area contributed by atoms with Gasteiger partial charge in [0.1, 0.15) is 23.9 Å². The quantitative estimate of drug-likeness (QED) is 0.203. The van der Waals surface area contributed by atoms with Gasteiger partial charge in [0.05, 0.1) is 6.07 Å². The van der Waals surface area contributed by atoms with Crippen molar-refractivity contribution < 1.29 is 13.9 Å². The number of rotatable bonds is 11. The predicted molar refractivity (Wildman–Crippen MR) is 155 cm³/mol. The van der Waals surface area contributed by atoms with Crippen LogP contribution < -0.4 is 10.1 Å². The Bertz CT molecular complexity index is 1520. The van der Waals surface area contributed by atoms with E-state index in [2.05, 4.69) is 21.3 Å². The molecule has 1 amide bonds. The standard InChI is InChI=1S/C31H27Cl2FN4O2/c1-38(15-3-14-35)19-21-6-11-26(12-7-21)37-31(39)29-5-2-4-27(36-29)17-23-16-24(32)10-13-30(23)40-20-22-8-9-25(33)18-28(22)34/h2,4-13,16,18H,3,15,17,19-20H2,1H3,(H,37,39). The van der Waals surface area contributed by atoms with E-state index in [1.807, 2.05) is 37.4 Å². The number of hydrogen-bond donors (Lipinski definition) is 1. The Morgan fingerprint density at radius 1 is 1.02 bits per heavy atom. The normalized spacial score (nSPS) is 10.8.